The number of hydrogen-bond acceptors (Lipinski definition) is 3. The molecule has 1 rings (SSSR count). The number of rotatable bonds is 8. The fraction of sp³-hybridized carbons (Fsp3) is 0.467. The van der Waals surface area contributed by atoms with Gasteiger partial charge in [-0.15, -0.1) is 0 Å². The lowest BCUT2D eigenvalue weighted by molar-refractivity contribution is -0.142. The van der Waals surface area contributed by atoms with E-state index < -0.39 is 12.0 Å². The summed E-state index contributed by atoms with van der Waals surface area (Å²) in [7, 11) is 0. The summed E-state index contributed by atoms with van der Waals surface area (Å²) >= 11 is 5.81. The van der Waals surface area contributed by atoms with Gasteiger partial charge in [0, 0.05) is 5.02 Å². The van der Waals surface area contributed by atoms with Gasteiger partial charge in [-0.1, -0.05) is 31.5 Å². The number of carbonyl (C=O) groups is 2. The molecule has 0 saturated carbocycles. The molecule has 6 heteroatoms. The van der Waals surface area contributed by atoms with E-state index in [1.54, 1.807) is 24.3 Å². The third-order valence-electron chi connectivity index (χ3n) is 2.73. The molecule has 116 valence electrons. The molecule has 0 aliphatic rings. The Morgan fingerprint density at radius 1 is 1.38 bits per heavy atom. The molecule has 1 amide bonds. The number of nitrogens with one attached hydrogen (secondary N) is 1. The van der Waals surface area contributed by atoms with Crippen LogP contribution in [-0.2, 0) is 9.59 Å². The molecule has 1 aromatic rings. The summed E-state index contributed by atoms with van der Waals surface area (Å²) in [5, 5.41) is 12.1. The number of carbonyl (C=O) groups excluding carboxylic acids is 1. The molecular weight excluding hydrogens is 294 g/mol. The lowest BCUT2D eigenvalue weighted by Crippen LogP contribution is -2.42. The van der Waals surface area contributed by atoms with Gasteiger partial charge in [0.1, 0.15) is 11.8 Å². The summed E-state index contributed by atoms with van der Waals surface area (Å²) in [5.74, 6) is -0.598. The second-order valence-electron chi connectivity index (χ2n) is 5.14. The van der Waals surface area contributed by atoms with Crippen molar-refractivity contribution in [3.63, 3.8) is 0 Å². The number of carboxylic acid groups (broad SMARTS) is 1. The average Bonchev–Trinajstić information content (AvgIpc) is 2.37. The molecule has 1 aromatic carbocycles. The van der Waals surface area contributed by atoms with Crippen LogP contribution >= 0.6 is 11.6 Å². The summed E-state index contributed by atoms with van der Waals surface area (Å²) in [6.07, 6.45) is 0.491. The molecule has 1 atom stereocenters. The fourth-order valence-corrected chi connectivity index (χ4v) is 1.96. The minimum Gasteiger partial charge on any atom is -0.493 e. The van der Waals surface area contributed by atoms with Crippen molar-refractivity contribution in [2.24, 2.45) is 5.92 Å². The van der Waals surface area contributed by atoms with Gasteiger partial charge in [0.15, 0.2) is 0 Å². The first-order valence-electron chi connectivity index (χ1n) is 6.79. The smallest absolute Gasteiger partial charge is 0.326 e. The summed E-state index contributed by atoms with van der Waals surface area (Å²) in [4.78, 5) is 22.8. The van der Waals surface area contributed by atoms with E-state index in [0.29, 0.717) is 17.2 Å². The van der Waals surface area contributed by atoms with Crippen LogP contribution in [0.3, 0.4) is 0 Å². The number of aliphatic carboxylic acids is 1. The average molecular weight is 314 g/mol. The highest BCUT2D eigenvalue weighted by Gasteiger charge is 2.20. The summed E-state index contributed by atoms with van der Waals surface area (Å²) in [5.41, 5.74) is 0. The molecule has 0 bridgehead atoms. The van der Waals surface area contributed by atoms with Crippen LogP contribution < -0.4 is 10.1 Å². The summed E-state index contributed by atoms with van der Waals surface area (Å²) < 4.78 is 5.39. The van der Waals surface area contributed by atoms with Crippen LogP contribution in [0.2, 0.25) is 5.02 Å². The molecule has 0 aliphatic heterocycles. The normalized spacial score (nSPS) is 12.0. The third kappa shape index (κ3) is 6.99. The van der Waals surface area contributed by atoms with Crippen molar-refractivity contribution in [1.82, 2.24) is 5.32 Å². The number of ether oxygens (including phenoxy) is 1. The highest BCUT2D eigenvalue weighted by atomic mass is 35.5. The topological polar surface area (TPSA) is 75.6 Å². The maximum Gasteiger partial charge on any atom is 0.326 e. The van der Waals surface area contributed by atoms with Crippen LogP contribution in [-0.4, -0.2) is 29.6 Å². The minimum atomic E-state index is -1.02. The molecule has 21 heavy (non-hydrogen) atoms. The monoisotopic (exact) mass is 313 g/mol. The first-order chi connectivity index (χ1) is 9.88. The van der Waals surface area contributed by atoms with Crippen molar-refractivity contribution < 1.29 is 19.4 Å². The van der Waals surface area contributed by atoms with E-state index in [1.165, 1.54) is 0 Å². The molecule has 0 heterocycles. The molecule has 5 nitrogen and oxygen atoms in total. The summed E-state index contributed by atoms with van der Waals surface area (Å²) in [6, 6.07) is 6.01. The van der Waals surface area contributed by atoms with Crippen LogP contribution in [0.4, 0.5) is 0 Å². The predicted molar refractivity (Wildman–Crippen MR) is 80.6 cm³/mol. The Kier molecular flexibility index (Phi) is 7.02. The Morgan fingerprint density at radius 2 is 2.10 bits per heavy atom. The van der Waals surface area contributed by atoms with E-state index >= 15 is 0 Å². The van der Waals surface area contributed by atoms with Gasteiger partial charge >= 0.3 is 5.97 Å². The van der Waals surface area contributed by atoms with E-state index in [0.717, 1.165) is 0 Å². The Morgan fingerprint density at radius 3 is 2.67 bits per heavy atom. The van der Waals surface area contributed by atoms with Crippen LogP contribution in [0, 0.1) is 5.92 Å². The van der Waals surface area contributed by atoms with Crippen LogP contribution in [0.5, 0.6) is 5.75 Å². The number of amides is 1. The van der Waals surface area contributed by atoms with E-state index in [4.69, 9.17) is 21.4 Å². The second-order valence-corrected chi connectivity index (χ2v) is 5.58. The maximum absolute atomic E-state index is 11.7. The fourth-order valence-electron chi connectivity index (χ4n) is 1.78. The van der Waals surface area contributed by atoms with Crippen LogP contribution in [0.1, 0.15) is 26.7 Å². The molecule has 0 saturated heterocycles. The van der Waals surface area contributed by atoms with Gasteiger partial charge in [-0.05, 0) is 30.5 Å². The Balaban J connectivity index is 2.37. The van der Waals surface area contributed by atoms with Gasteiger partial charge in [-0.2, -0.15) is 0 Å². The number of benzene rings is 1. The zero-order valence-corrected chi connectivity index (χ0v) is 12.9. The molecular formula is C15H20ClNO4. The molecule has 0 spiro atoms. The first kappa shape index (κ1) is 17.3. The van der Waals surface area contributed by atoms with Gasteiger partial charge in [-0.3, -0.25) is 4.79 Å². The van der Waals surface area contributed by atoms with Crippen LogP contribution in [0.25, 0.3) is 0 Å². The standard InChI is InChI=1S/C15H20ClNO4/c1-10(2)8-13(15(19)20)17-14(18)6-7-21-12-5-3-4-11(16)9-12/h3-5,9-10,13H,6-8H2,1-2H3,(H,17,18)(H,19,20)/t13-/m0/s1. The van der Waals surface area contributed by atoms with Crippen molar-refractivity contribution in [3.05, 3.63) is 29.3 Å². The lowest BCUT2D eigenvalue weighted by Gasteiger charge is -2.16. The van der Waals surface area contributed by atoms with Gasteiger partial charge in [-0.25, -0.2) is 4.79 Å². The maximum atomic E-state index is 11.7. The highest BCUT2D eigenvalue weighted by molar-refractivity contribution is 6.30. The molecule has 2 N–H and O–H groups in total. The Hall–Kier alpha value is -1.75. The SMILES string of the molecule is CC(C)C[C@H](NC(=O)CCOc1cccc(Cl)c1)C(=O)O. The zero-order chi connectivity index (χ0) is 15.8. The van der Waals surface area contributed by atoms with Crippen molar-refractivity contribution in [1.29, 1.82) is 0 Å². The van der Waals surface area contributed by atoms with E-state index in [9.17, 15) is 9.59 Å². The van der Waals surface area contributed by atoms with Gasteiger partial charge < -0.3 is 15.2 Å². The number of carboxylic acids is 1. The van der Waals surface area contributed by atoms with Gasteiger partial charge in [0.2, 0.25) is 5.91 Å². The van der Waals surface area contributed by atoms with Gasteiger partial charge in [0.25, 0.3) is 0 Å². The molecule has 0 aromatic heterocycles. The third-order valence-corrected chi connectivity index (χ3v) is 2.97. The first-order valence-corrected chi connectivity index (χ1v) is 7.17. The van der Waals surface area contributed by atoms with Crippen molar-refractivity contribution in [2.75, 3.05) is 6.61 Å². The lowest BCUT2D eigenvalue weighted by atomic mass is 10.0. The van der Waals surface area contributed by atoms with E-state index in [2.05, 4.69) is 5.32 Å². The van der Waals surface area contributed by atoms with Crippen molar-refractivity contribution >= 4 is 23.5 Å². The van der Waals surface area contributed by atoms with Crippen LogP contribution in [0.15, 0.2) is 24.3 Å². The predicted octanol–water partition coefficient (Wildman–Crippen LogP) is 2.72. The Labute approximate surface area is 129 Å². The molecule has 0 unspecified atom stereocenters. The Bertz CT molecular complexity index is 490. The largest absolute Gasteiger partial charge is 0.493 e. The molecule has 0 aliphatic carbocycles. The number of halogens is 1. The highest BCUT2D eigenvalue weighted by Crippen LogP contribution is 2.17. The second kappa shape index (κ2) is 8.52. The molecule has 0 radical (unpaired) electrons. The quantitative estimate of drug-likeness (QED) is 0.773. The molecule has 0 fully saturated rings. The number of hydrogen-bond donors (Lipinski definition) is 2. The van der Waals surface area contributed by atoms with Crippen molar-refractivity contribution in [3.8, 4) is 5.75 Å². The zero-order valence-electron chi connectivity index (χ0n) is 12.1. The van der Waals surface area contributed by atoms with E-state index in [1.807, 2.05) is 13.8 Å². The van der Waals surface area contributed by atoms with Crippen molar-refractivity contribution in [2.45, 2.75) is 32.7 Å². The summed E-state index contributed by atoms with van der Waals surface area (Å²) in [6.45, 7) is 3.98. The van der Waals surface area contributed by atoms with Gasteiger partial charge in [0.05, 0.1) is 13.0 Å². The minimum absolute atomic E-state index is 0.0917. The van der Waals surface area contributed by atoms with E-state index in [-0.39, 0.29) is 24.9 Å².